The number of ether oxygens (including phenoxy) is 1. The lowest BCUT2D eigenvalue weighted by atomic mass is 10.1. The fraction of sp³-hybridized carbons (Fsp3) is 0.0556. The Morgan fingerprint density at radius 1 is 1.08 bits per heavy atom. The molecule has 0 aliphatic carbocycles. The van der Waals surface area contributed by atoms with E-state index in [2.05, 4.69) is 10.3 Å². The number of carbonyl (C=O) groups excluding carboxylic acids is 1. The van der Waals surface area contributed by atoms with Crippen molar-refractivity contribution in [3.63, 3.8) is 0 Å². The summed E-state index contributed by atoms with van der Waals surface area (Å²) in [4.78, 5) is 16.2. The maximum atomic E-state index is 12.4. The molecule has 1 amide bonds. The molecule has 3 aromatic rings. The summed E-state index contributed by atoms with van der Waals surface area (Å²) in [5.41, 5.74) is 3.91. The molecule has 2 aromatic carbocycles. The first kappa shape index (κ1) is 16.2. The third-order valence-electron chi connectivity index (χ3n) is 3.29. The predicted octanol–water partition coefficient (Wildman–Crippen LogP) is 3.90. The summed E-state index contributed by atoms with van der Waals surface area (Å²) in [7, 11) is 1.56. The van der Waals surface area contributed by atoms with Gasteiger partial charge in [-0.05, 0) is 54.4 Å². The highest BCUT2D eigenvalue weighted by Crippen LogP contribution is 2.26. The van der Waals surface area contributed by atoms with Gasteiger partial charge >= 0.3 is 0 Å². The van der Waals surface area contributed by atoms with Crippen molar-refractivity contribution < 1.29 is 13.9 Å². The molecule has 0 atom stereocenters. The van der Waals surface area contributed by atoms with E-state index in [-0.39, 0.29) is 5.91 Å². The normalized spacial score (nSPS) is 10.4. The molecule has 5 nitrogen and oxygen atoms in total. The summed E-state index contributed by atoms with van der Waals surface area (Å²) in [6.45, 7) is 0. The molecule has 0 fully saturated rings. The highest BCUT2D eigenvalue weighted by Gasteiger charge is 2.11. The van der Waals surface area contributed by atoms with Crippen LogP contribution in [0.5, 0.6) is 5.75 Å². The number of rotatable bonds is 6. The van der Waals surface area contributed by atoms with Gasteiger partial charge in [-0.15, -0.1) is 0 Å². The van der Waals surface area contributed by atoms with Crippen LogP contribution in [0.4, 0.5) is 0 Å². The molecule has 1 aromatic heterocycles. The van der Waals surface area contributed by atoms with Crippen LogP contribution in [0.15, 0.2) is 76.2 Å². The Morgan fingerprint density at radius 2 is 1.92 bits per heavy atom. The molecule has 0 unspecified atom stereocenters. The molecule has 0 aliphatic rings. The van der Waals surface area contributed by atoms with Crippen molar-refractivity contribution in [2.24, 2.45) is 0 Å². The molecule has 0 saturated carbocycles. The van der Waals surface area contributed by atoms with Gasteiger partial charge in [0.2, 0.25) is 0 Å². The monoisotopic (exact) mass is 340 g/mol. The van der Waals surface area contributed by atoms with Gasteiger partial charge in [-0.25, -0.2) is 0 Å². The van der Waals surface area contributed by atoms with Gasteiger partial charge in [-0.2, -0.15) is 4.83 Å². The van der Waals surface area contributed by atoms with Crippen LogP contribution < -0.4 is 15.0 Å². The molecule has 0 radical (unpaired) electrons. The molecule has 1 heterocycles. The molecule has 0 saturated heterocycles. The maximum Gasteiger partial charge on any atom is 0.266 e. The van der Waals surface area contributed by atoms with E-state index in [4.69, 9.17) is 9.15 Å². The van der Waals surface area contributed by atoms with E-state index in [9.17, 15) is 4.79 Å². The first-order valence-electron chi connectivity index (χ1n) is 7.26. The number of methoxy groups -OCH3 is 1. The quantitative estimate of drug-likeness (QED) is 0.526. The molecule has 2 N–H and O–H groups in total. The van der Waals surface area contributed by atoms with Gasteiger partial charge in [0.1, 0.15) is 11.5 Å². The minimum absolute atomic E-state index is 0.259. The predicted molar refractivity (Wildman–Crippen MR) is 93.6 cm³/mol. The van der Waals surface area contributed by atoms with Crippen LogP contribution >= 0.6 is 11.9 Å². The second-order valence-electron chi connectivity index (χ2n) is 4.90. The summed E-state index contributed by atoms with van der Waals surface area (Å²) in [6, 6.07) is 18.6. The van der Waals surface area contributed by atoms with E-state index in [0.717, 1.165) is 10.5 Å². The van der Waals surface area contributed by atoms with Crippen LogP contribution in [0.3, 0.4) is 0 Å². The fourth-order valence-corrected chi connectivity index (χ4v) is 2.68. The van der Waals surface area contributed by atoms with Crippen LogP contribution in [0.2, 0.25) is 0 Å². The van der Waals surface area contributed by atoms with Crippen molar-refractivity contribution in [2.75, 3.05) is 7.11 Å². The second-order valence-corrected chi connectivity index (χ2v) is 5.78. The van der Waals surface area contributed by atoms with Crippen LogP contribution in [-0.4, -0.2) is 13.0 Å². The number of amides is 1. The molecular formula is C18H16N2O3S. The molecule has 6 heteroatoms. The van der Waals surface area contributed by atoms with E-state index in [1.54, 1.807) is 31.6 Å². The lowest BCUT2D eigenvalue weighted by Gasteiger charge is -2.09. The summed E-state index contributed by atoms with van der Waals surface area (Å²) < 4.78 is 10.7. The topological polar surface area (TPSA) is 63.5 Å². The van der Waals surface area contributed by atoms with Crippen molar-refractivity contribution in [2.45, 2.75) is 4.90 Å². The van der Waals surface area contributed by atoms with Gasteiger partial charge < -0.3 is 9.15 Å². The van der Waals surface area contributed by atoms with Crippen molar-refractivity contribution in [1.29, 1.82) is 0 Å². The Morgan fingerprint density at radius 3 is 2.62 bits per heavy atom. The Labute approximate surface area is 144 Å². The zero-order chi connectivity index (χ0) is 16.8. The number of furan rings is 1. The van der Waals surface area contributed by atoms with Crippen molar-refractivity contribution >= 4 is 17.9 Å². The first-order valence-corrected chi connectivity index (χ1v) is 8.08. The maximum absolute atomic E-state index is 12.4. The number of hydrogen-bond acceptors (Lipinski definition) is 5. The molecule has 0 spiro atoms. The molecule has 0 aliphatic heterocycles. The lowest BCUT2D eigenvalue weighted by molar-refractivity contribution is 0.0946. The summed E-state index contributed by atoms with van der Waals surface area (Å²) in [6.07, 6.45) is 1.59. The van der Waals surface area contributed by atoms with Gasteiger partial charge in [0.15, 0.2) is 0 Å². The molecule has 24 heavy (non-hydrogen) atoms. The van der Waals surface area contributed by atoms with Crippen LogP contribution in [0, 0.1) is 0 Å². The van der Waals surface area contributed by atoms with E-state index in [1.807, 2.05) is 42.5 Å². The third-order valence-corrected chi connectivity index (χ3v) is 4.00. The largest absolute Gasteiger partial charge is 0.497 e. The van der Waals surface area contributed by atoms with E-state index >= 15 is 0 Å². The highest BCUT2D eigenvalue weighted by atomic mass is 32.2. The standard InChI is InChI=1S/C18H16N2O3S/c1-22-15-11-13(17-8-5-9-23-17)10-14(12-15)18(21)19-20-24-16-6-3-2-4-7-16/h2-12,20H,1H3,(H,19,21). The third kappa shape index (κ3) is 3.98. The fourth-order valence-electron chi connectivity index (χ4n) is 2.12. The number of hydrazine groups is 1. The molecular weight excluding hydrogens is 324 g/mol. The number of hydrogen-bond donors (Lipinski definition) is 2. The Kier molecular flexibility index (Phi) is 5.20. The van der Waals surface area contributed by atoms with Gasteiger partial charge in [-0.3, -0.25) is 10.2 Å². The van der Waals surface area contributed by atoms with Crippen LogP contribution in [0.25, 0.3) is 11.3 Å². The highest BCUT2D eigenvalue weighted by molar-refractivity contribution is 7.97. The number of benzene rings is 2. The zero-order valence-corrected chi connectivity index (χ0v) is 13.8. The number of carbonyl (C=O) groups is 1. The van der Waals surface area contributed by atoms with Gasteiger partial charge in [-0.1, -0.05) is 18.2 Å². The number of nitrogens with one attached hydrogen (secondary N) is 2. The Balaban J connectivity index is 1.71. The average Bonchev–Trinajstić information content (AvgIpc) is 3.17. The molecule has 0 bridgehead atoms. The Hall–Kier alpha value is -2.70. The summed E-state index contributed by atoms with van der Waals surface area (Å²) in [5, 5.41) is 0. The van der Waals surface area contributed by atoms with Gasteiger partial charge in [0.05, 0.1) is 13.4 Å². The smallest absolute Gasteiger partial charge is 0.266 e. The minimum Gasteiger partial charge on any atom is -0.497 e. The molecule has 122 valence electrons. The van der Waals surface area contributed by atoms with E-state index in [1.165, 1.54) is 11.9 Å². The van der Waals surface area contributed by atoms with Crippen molar-refractivity contribution in [1.82, 2.24) is 10.3 Å². The SMILES string of the molecule is COc1cc(C(=O)NNSc2ccccc2)cc(-c2ccco2)c1. The lowest BCUT2D eigenvalue weighted by Crippen LogP contribution is -2.32. The summed E-state index contributed by atoms with van der Waals surface area (Å²) >= 11 is 1.32. The van der Waals surface area contributed by atoms with Gasteiger partial charge in [0.25, 0.3) is 5.91 Å². The van der Waals surface area contributed by atoms with E-state index < -0.39 is 0 Å². The van der Waals surface area contributed by atoms with E-state index in [0.29, 0.717) is 17.1 Å². The molecule has 3 rings (SSSR count). The first-order chi connectivity index (χ1) is 11.8. The van der Waals surface area contributed by atoms with Crippen molar-refractivity contribution in [3.05, 3.63) is 72.5 Å². The van der Waals surface area contributed by atoms with Crippen molar-refractivity contribution in [3.8, 4) is 17.1 Å². The minimum atomic E-state index is -0.259. The summed E-state index contributed by atoms with van der Waals surface area (Å²) in [5.74, 6) is 1.00. The second kappa shape index (κ2) is 7.72. The van der Waals surface area contributed by atoms with Gasteiger partial charge in [0, 0.05) is 16.0 Å². The zero-order valence-electron chi connectivity index (χ0n) is 13.0. The Bertz CT molecular complexity index is 804. The van der Waals surface area contributed by atoms with Crippen LogP contribution in [-0.2, 0) is 0 Å². The van der Waals surface area contributed by atoms with Crippen LogP contribution in [0.1, 0.15) is 10.4 Å². The average molecular weight is 340 g/mol.